The summed E-state index contributed by atoms with van der Waals surface area (Å²) < 4.78 is 19.1. The van der Waals surface area contributed by atoms with Crippen LogP contribution in [0.5, 0.6) is 5.88 Å². The van der Waals surface area contributed by atoms with Gasteiger partial charge in [0.05, 0.1) is 6.20 Å². The fourth-order valence-electron chi connectivity index (χ4n) is 1.94. The number of halogens is 2. The molecule has 1 saturated carbocycles. The first-order chi connectivity index (χ1) is 7.65. The highest BCUT2D eigenvalue weighted by atomic mass is 127. The van der Waals surface area contributed by atoms with Gasteiger partial charge >= 0.3 is 0 Å². The molecule has 0 N–H and O–H groups in total. The number of rotatable bonds is 2. The van der Waals surface area contributed by atoms with Crippen molar-refractivity contribution in [1.82, 2.24) is 4.98 Å². The molecule has 0 aliphatic heterocycles. The second-order valence-electron chi connectivity index (χ2n) is 4.36. The van der Waals surface area contributed by atoms with Crippen LogP contribution >= 0.6 is 22.6 Å². The Labute approximate surface area is 109 Å². The van der Waals surface area contributed by atoms with Crippen molar-refractivity contribution < 1.29 is 9.13 Å². The highest BCUT2D eigenvalue weighted by molar-refractivity contribution is 14.1. The van der Waals surface area contributed by atoms with Gasteiger partial charge in [-0.3, -0.25) is 0 Å². The van der Waals surface area contributed by atoms with E-state index in [1.807, 2.05) is 0 Å². The molecular weight excluding hydrogens is 320 g/mol. The predicted octanol–water partition coefficient (Wildman–Crippen LogP) is 3.59. The van der Waals surface area contributed by atoms with Gasteiger partial charge in [0.2, 0.25) is 5.88 Å². The third-order valence-corrected chi connectivity index (χ3v) is 4.77. The van der Waals surface area contributed by atoms with Crippen LogP contribution < -0.4 is 4.74 Å². The van der Waals surface area contributed by atoms with Crippen molar-refractivity contribution in [2.45, 2.75) is 36.2 Å². The Morgan fingerprint density at radius 3 is 2.88 bits per heavy atom. The van der Waals surface area contributed by atoms with Gasteiger partial charge in [-0.05, 0) is 31.2 Å². The zero-order chi connectivity index (χ0) is 11.5. The second kappa shape index (κ2) is 5.29. The lowest BCUT2D eigenvalue weighted by Crippen LogP contribution is -2.30. The normalized spacial score (nSPS) is 30.1. The summed E-state index contributed by atoms with van der Waals surface area (Å²) in [6, 6.07) is 2.98. The van der Waals surface area contributed by atoms with E-state index in [1.54, 1.807) is 6.07 Å². The molecule has 1 unspecified atom stereocenters. The lowest BCUT2D eigenvalue weighted by Gasteiger charge is -2.30. The van der Waals surface area contributed by atoms with Crippen LogP contribution in [0.15, 0.2) is 18.3 Å². The molecule has 16 heavy (non-hydrogen) atoms. The molecule has 1 fully saturated rings. The maximum Gasteiger partial charge on any atom is 0.213 e. The standard InChI is InChI=1S/C12H15FINO/c1-8-2-4-10(6-11(8)14)16-12-5-3-9(13)7-15-12/h3,5,7-8,10-11H,2,4,6H2,1H3/t8-,10-,11?/m0/s1. The molecule has 1 aliphatic carbocycles. The van der Waals surface area contributed by atoms with Gasteiger partial charge in [-0.1, -0.05) is 29.5 Å². The zero-order valence-corrected chi connectivity index (χ0v) is 11.4. The summed E-state index contributed by atoms with van der Waals surface area (Å²) >= 11 is 2.49. The van der Waals surface area contributed by atoms with Crippen LogP contribution in [0.3, 0.4) is 0 Å². The van der Waals surface area contributed by atoms with E-state index in [0.29, 0.717) is 9.80 Å². The lowest BCUT2D eigenvalue weighted by molar-refractivity contribution is 0.137. The second-order valence-corrected chi connectivity index (χ2v) is 5.96. The molecule has 0 spiro atoms. The quantitative estimate of drug-likeness (QED) is 0.609. The van der Waals surface area contributed by atoms with Crippen LogP contribution in [0, 0.1) is 11.7 Å². The van der Waals surface area contributed by atoms with Crippen LogP contribution in [0.25, 0.3) is 0 Å². The van der Waals surface area contributed by atoms with Gasteiger partial charge in [-0.15, -0.1) is 0 Å². The highest BCUT2D eigenvalue weighted by Crippen LogP contribution is 2.31. The molecule has 0 radical (unpaired) electrons. The minimum atomic E-state index is -0.323. The summed E-state index contributed by atoms with van der Waals surface area (Å²) in [5.41, 5.74) is 0. The Bertz CT molecular complexity index is 343. The van der Waals surface area contributed by atoms with E-state index in [0.717, 1.165) is 18.8 Å². The molecule has 1 heterocycles. The summed E-state index contributed by atoms with van der Waals surface area (Å²) in [6.07, 6.45) is 4.75. The molecule has 0 aromatic carbocycles. The Morgan fingerprint density at radius 1 is 1.44 bits per heavy atom. The third-order valence-electron chi connectivity index (χ3n) is 3.04. The van der Waals surface area contributed by atoms with E-state index in [9.17, 15) is 4.39 Å². The Morgan fingerprint density at radius 2 is 2.25 bits per heavy atom. The smallest absolute Gasteiger partial charge is 0.213 e. The molecule has 2 nitrogen and oxygen atoms in total. The van der Waals surface area contributed by atoms with Gasteiger partial charge < -0.3 is 4.74 Å². The molecular formula is C12H15FINO. The van der Waals surface area contributed by atoms with Crippen LogP contribution in [-0.4, -0.2) is 15.0 Å². The lowest BCUT2D eigenvalue weighted by atomic mass is 9.89. The maximum atomic E-state index is 12.7. The summed E-state index contributed by atoms with van der Waals surface area (Å²) in [7, 11) is 0. The van der Waals surface area contributed by atoms with Crippen LogP contribution in [0.1, 0.15) is 26.2 Å². The van der Waals surface area contributed by atoms with Crippen molar-refractivity contribution in [3.63, 3.8) is 0 Å². The summed E-state index contributed by atoms with van der Waals surface area (Å²) in [4.78, 5) is 3.92. The molecule has 0 bridgehead atoms. The molecule has 4 heteroatoms. The van der Waals surface area contributed by atoms with Crippen LogP contribution in [-0.2, 0) is 0 Å². The van der Waals surface area contributed by atoms with Crippen LogP contribution in [0.2, 0.25) is 0 Å². The first-order valence-corrected chi connectivity index (χ1v) is 6.82. The number of alkyl halides is 1. The number of nitrogens with zero attached hydrogens (tertiary/aromatic N) is 1. The van der Waals surface area contributed by atoms with E-state index in [2.05, 4.69) is 34.5 Å². The first kappa shape index (κ1) is 12.1. The Balaban J connectivity index is 1.93. The predicted molar refractivity (Wildman–Crippen MR) is 69.4 cm³/mol. The van der Waals surface area contributed by atoms with E-state index in [4.69, 9.17) is 4.74 Å². The summed E-state index contributed by atoms with van der Waals surface area (Å²) in [6.45, 7) is 2.28. The summed E-state index contributed by atoms with van der Waals surface area (Å²) in [5, 5.41) is 0. The van der Waals surface area contributed by atoms with Crippen molar-refractivity contribution in [3.05, 3.63) is 24.1 Å². The van der Waals surface area contributed by atoms with Crippen LogP contribution in [0.4, 0.5) is 4.39 Å². The molecule has 1 aromatic heterocycles. The number of hydrogen-bond acceptors (Lipinski definition) is 2. The number of pyridine rings is 1. The monoisotopic (exact) mass is 335 g/mol. The number of aromatic nitrogens is 1. The van der Waals surface area contributed by atoms with E-state index < -0.39 is 0 Å². The third kappa shape index (κ3) is 3.06. The number of ether oxygens (including phenoxy) is 1. The van der Waals surface area contributed by atoms with Gasteiger partial charge in [0, 0.05) is 9.99 Å². The van der Waals surface area contributed by atoms with Gasteiger partial charge in [-0.25, -0.2) is 9.37 Å². The topological polar surface area (TPSA) is 22.1 Å². The Hall–Kier alpha value is -0.390. The van der Waals surface area contributed by atoms with Crippen molar-refractivity contribution >= 4 is 22.6 Å². The van der Waals surface area contributed by atoms with Crippen molar-refractivity contribution in [2.24, 2.45) is 5.92 Å². The molecule has 0 amide bonds. The van der Waals surface area contributed by atoms with Gasteiger partial charge in [0.1, 0.15) is 11.9 Å². The van der Waals surface area contributed by atoms with Gasteiger partial charge in [0.25, 0.3) is 0 Å². The largest absolute Gasteiger partial charge is 0.474 e. The van der Waals surface area contributed by atoms with E-state index in [-0.39, 0.29) is 11.9 Å². The maximum absolute atomic E-state index is 12.7. The highest BCUT2D eigenvalue weighted by Gasteiger charge is 2.27. The van der Waals surface area contributed by atoms with Crippen molar-refractivity contribution in [2.75, 3.05) is 0 Å². The fraction of sp³-hybridized carbons (Fsp3) is 0.583. The van der Waals surface area contributed by atoms with E-state index in [1.165, 1.54) is 18.7 Å². The molecule has 3 atom stereocenters. The zero-order valence-electron chi connectivity index (χ0n) is 9.20. The molecule has 88 valence electrons. The average molecular weight is 335 g/mol. The molecule has 2 rings (SSSR count). The minimum absolute atomic E-state index is 0.232. The van der Waals surface area contributed by atoms with Gasteiger partial charge in [0.15, 0.2) is 0 Å². The van der Waals surface area contributed by atoms with Crippen molar-refractivity contribution in [1.29, 1.82) is 0 Å². The molecule has 0 saturated heterocycles. The Kier molecular flexibility index (Phi) is 4.00. The van der Waals surface area contributed by atoms with Crippen molar-refractivity contribution in [3.8, 4) is 5.88 Å². The van der Waals surface area contributed by atoms with Gasteiger partial charge in [-0.2, -0.15) is 0 Å². The van der Waals surface area contributed by atoms with E-state index >= 15 is 0 Å². The minimum Gasteiger partial charge on any atom is -0.474 e. The molecule has 1 aliphatic rings. The average Bonchev–Trinajstić information content (AvgIpc) is 2.27. The summed E-state index contributed by atoms with van der Waals surface area (Å²) in [5.74, 6) is 0.975. The first-order valence-electron chi connectivity index (χ1n) is 5.57. The SMILES string of the molecule is C[C@H]1CC[C@H](Oc2ccc(F)cn2)CC1I. The molecule has 1 aromatic rings. The number of hydrogen-bond donors (Lipinski definition) is 0. The fourth-order valence-corrected chi connectivity index (χ4v) is 2.87.